The Morgan fingerprint density at radius 1 is 1.33 bits per heavy atom. The molecule has 0 bridgehead atoms. The molecule has 2 rings (SSSR count). The van der Waals surface area contributed by atoms with Gasteiger partial charge in [-0.2, -0.15) is 0 Å². The standard InChI is InChI=1S/C14H23N5O2/c1-3-11(10-7-5-4-6-8-10)18-14-12(19(20)21)13(15-2)16-9-17-14/h9-11H,3-8H2,1-2H3,(H2,15,16,17,18). The summed E-state index contributed by atoms with van der Waals surface area (Å²) in [4.78, 5) is 18.9. The second-order valence-electron chi connectivity index (χ2n) is 5.48. The molecular formula is C14H23N5O2. The lowest BCUT2D eigenvalue weighted by Gasteiger charge is -2.30. The zero-order chi connectivity index (χ0) is 15.2. The van der Waals surface area contributed by atoms with Crippen LogP contribution in [0, 0.1) is 16.0 Å². The molecule has 116 valence electrons. The van der Waals surface area contributed by atoms with Gasteiger partial charge in [0.1, 0.15) is 6.33 Å². The minimum atomic E-state index is -0.429. The van der Waals surface area contributed by atoms with Crippen molar-refractivity contribution in [1.82, 2.24) is 9.97 Å². The van der Waals surface area contributed by atoms with E-state index in [1.54, 1.807) is 7.05 Å². The molecule has 21 heavy (non-hydrogen) atoms. The van der Waals surface area contributed by atoms with E-state index < -0.39 is 4.92 Å². The molecule has 0 saturated heterocycles. The molecule has 1 atom stereocenters. The number of hydrogen-bond donors (Lipinski definition) is 2. The van der Waals surface area contributed by atoms with Gasteiger partial charge >= 0.3 is 5.69 Å². The van der Waals surface area contributed by atoms with E-state index in [4.69, 9.17) is 0 Å². The van der Waals surface area contributed by atoms with Crippen LogP contribution < -0.4 is 10.6 Å². The fraction of sp³-hybridized carbons (Fsp3) is 0.714. The third-order valence-electron chi connectivity index (χ3n) is 4.22. The normalized spacial score (nSPS) is 17.2. The molecule has 1 aromatic rings. The van der Waals surface area contributed by atoms with Crippen molar-refractivity contribution in [2.24, 2.45) is 5.92 Å². The molecule has 7 nitrogen and oxygen atoms in total. The van der Waals surface area contributed by atoms with Gasteiger partial charge in [0.15, 0.2) is 0 Å². The third-order valence-corrected chi connectivity index (χ3v) is 4.22. The van der Waals surface area contributed by atoms with E-state index in [0.29, 0.717) is 11.7 Å². The molecule has 7 heteroatoms. The van der Waals surface area contributed by atoms with E-state index in [0.717, 1.165) is 6.42 Å². The Hall–Kier alpha value is -1.92. The van der Waals surface area contributed by atoms with Crippen LogP contribution in [0.4, 0.5) is 17.3 Å². The van der Waals surface area contributed by atoms with Gasteiger partial charge in [-0.3, -0.25) is 10.1 Å². The highest BCUT2D eigenvalue weighted by molar-refractivity contribution is 5.69. The van der Waals surface area contributed by atoms with E-state index in [-0.39, 0.29) is 17.5 Å². The Labute approximate surface area is 124 Å². The van der Waals surface area contributed by atoms with E-state index in [1.807, 2.05) is 0 Å². The first kappa shape index (κ1) is 15.5. The van der Waals surface area contributed by atoms with Crippen LogP contribution >= 0.6 is 0 Å². The van der Waals surface area contributed by atoms with E-state index in [9.17, 15) is 10.1 Å². The fourth-order valence-corrected chi connectivity index (χ4v) is 3.11. The number of nitro groups is 1. The number of rotatable bonds is 6. The first-order valence-corrected chi connectivity index (χ1v) is 7.61. The molecule has 1 aliphatic rings. The highest BCUT2D eigenvalue weighted by atomic mass is 16.6. The van der Waals surface area contributed by atoms with Crippen molar-refractivity contribution >= 4 is 17.3 Å². The molecule has 0 aromatic carbocycles. The maximum atomic E-state index is 11.3. The maximum absolute atomic E-state index is 11.3. The monoisotopic (exact) mass is 293 g/mol. The van der Waals surface area contributed by atoms with Gasteiger partial charge in [0, 0.05) is 13.1 Å². The van der Waals surface area contributed by atoms with Crippen LogP contribution in [-0.2, 0) is 0 Å². The lowest BCUT2D eigenvalue weighted by atomic mass is 9.83. The topological polar surface area (TPSA) is 93.0 Å². The molecule has 1 aliphatic carbocycles. The number of anilines is 2. The lowest BCUT2D eigenvalue weighted by Crippen LogP contribution is -2.30. The highest BCUT2D eigenvalue weighted by Gasteiger charge is 2.27. The summed E-state index contributed by atoms with van der Waals surface area (Å²) < 4.78 is 0. The fourth-order valence-electron chi connectivity index (χ4n) is 3.11. The first-order valence-electron chi connectivity index (χ1n) is 7.61. The molecule has 0 aliphatic heterocycles. The van der Waals surface area contributed by atoms with Crippen molar-refractivity contribution in [3.05, 3.63) is 16.4 Å². The Morgan fingerprint density at radius 3 is 2.57 bits per heavy atom. The molecule has 1 aromatic heterocycles. The smallest absolute Gasteiger partial charge is 0.353 e. The largest absolute Gasteiger partial charge is 0.367 e. The maximum Gasteiger partial charge on any atom is 0.353 e. The summed E-state index contributed by atoms with van der Waals surface area (Å²) in [5.41, 5.74) is -0.0748. The van der Waals surface area contributed by atoms with E-state index in [2.05, 4.69) is 27.5 Å². The van der Waals surface area contributed by atoms with Crippen molar-refractivity contribution in [3.63, 3.8) is 0 Å². The van der Waals surface area contributed by atoms with Gasteiger partial charge in [-0.1, -0.05) is 26.2 Å². The first-order chi connectivity index (χ1) is 10.2. The van der Waals surface area contributed by atoms with Crippen molar-refractivity contribution < 1.29 is 4.92 Å². The van der Waals surface area contributed by atoms with Crippen molar-refractivity contribution in [2.75, 3.05) is 17.7 Å². The van der Waals surface area contributed by atoms with Crippen LogP contribution in [0.5, 0.6) is 0 Å². The lowest BCUT2D eigenvalue weighted by molar-refractivity contribution is -0.383. The average Bonchev–Trinajstić information content (AvgIpc) is 2.52. The molecule has 2 N–H and O–H groups in total. The average molecular weight is 293 g/mol. The minimum Gasteiger partial charge on any atom is -0.367 e. The zero-order valence-corrected chi connectivity index (χ0v) is 12.6. The predicted molar refractivity (Wildman–Crippen MR) is 82.5 cm³/mol. The summed E-state index contributed by atoms with van der Waals surface area (Å²) >= 11 is 0. The van der Waals surface area contributed by atoms with Crippen LogP contribution in [-0.4, -0.2) is 28.0 Å². The summed E-state index contributed by atoms with van der Waals surface area (Å²) in [5, 5.41) is 17.3. The molecule has 1 unspecified atom stereocenters. The van der Waals surface area contributed by atoms with Crippen LogP contribution in [0.25, 0.3) is 0 Å². The predicted octanol–water partition coefficient (Wildman–Crippen LogP) is 3.20. The molecule has 1 fully saturated rings. The molecule has 0 spiro atoms. The summed E-state index contributed by atoms with van der Waals surface area (Å²) in [6.45, 7) is 2.11. The molecular weight excluding hydrogens is 270 g/mol. The van der Waals surface area contributed by atoms with Gasteiger partial charge in [0.25, 0.3) is 0 Å². The van der Waals surface area contributed by atoms with Gasteiger partial charge in [-0.05, 0) is 25.2 Å². The van der Waals surface area contributed by atoms with Gasteiger partial charge in [-0.15, -0.1) is 0 Å². The Kier molecular flexibility index (Phi) is 5.30. The van der Waals surface area contributed by atoms with Gasteiger partial charge in [0.2, 0.25) is 11.6 Å². The number of hydrogen-bond acceptors (Lipinski definition) is 6. The van der Waals surface area contributed by atoms with Crippen molar-refractivity contribution in [2.45, 2.75) is 51.5 Å². The van der Waals surface area contributed by atoms with Gasteiger partial charge < -0.3 is 10.6 Å². The SMILES string of the molecule is CCC(Nc1ncnc(NC)c1[N+](=O)[O-])C1CCCCC1. The van der Waals surface area contributed by atoms with Crippen LogP contribution in [0.1, 0.15) is 45.4 Å². The van der Waals surface area contributed by atoms with Crippen molar-refractivity contribution in [1.29, 1.82) is 0 Å². The Morgan fingerprint density at radius 2 is 2.00 bits per heavy atom. The quantitative estimate of drug-likeness (QED) is 0.618. The van der Waals surface area contributed by atoms with Crippen LogP contribution in [0.15, 0.2) is 6.33 Å². The summed E-state index contributed by atoms with van der Waals surface area (Å²) in [5.74, 6) is 1.13. The molecule has 1 heterocycles. The third kappa shape index (κ3) is 3.59. The molecule has 1 saturated carbocycles. The second kappa shape index (κ2) is 7.19. The van der Waals surface area contributed by atoms with Crippen LogP contribution in [0.3, 0.4) is 0 Å². The number of nitrogens with one attached hydrogen (secondary N) is 2. The van der Waals surface area contributed by atoms with Gasteiger partial charge in [0.05, 0.1) is 4.92 Å². The summed E-state index contributed by atoms with van der Waals surface area (Å²) in [6, 6.07) is 0.226. The molecule has 0 radical (unpaired) electrons. The van der Waals surface area contributed by atoms with Crippen molar-refractivity contribution in [3.8, 4) is 0 Å². The minimum absolute atomic E-state index is 0.0748. The summed E-state index contributed by atoms with van der Waals surface area (Å²) in [7, 11) is 1.62. The van der Waals surface area contributed by atoms with Crippen LogP contribution in [0.2, 0.25) is 0 Å². The van der Waals surface area contributed by atoms with Gasteiger partial charge in [-0.25, -0.2) is 9.97 Å². The number of nitrogens with zero attached hydrogens (tertiary/aromatic N) is 3. The Bertz CT molecular complexity index is 488. The van der Waals surface area contributed by atoms with E-state index in [1.165, 1.54) is 38.4 Å². The summed E-state index contributed by atoms with van der Waals surface area (Å²) in [6.07, 6.45) is 8.44. The second-order valence-corrected chi connectivity index (χ2v) is 5.48. The molecule has 0 amide bonds. The highest BCUT2D eigenvalue weighted by Crippen LogP contribution is 2.33. The number of aromatic nitrogens is 2. The Balaban J connectivity index is 2.22. The zero-order valence-electron chi connectivity index (χ0n) is 12.6. The van der Waals surface area contributed by atoms with E-state index >= 15 is 0 Å².